The highest BCUT2D eigenvalue weighted by atomic mass is 32.2. The van der Waals surface area contributed by atoms with E-state index in [1.807, 2.05) is 30.5 Å². The third-order valence-corrected chi connectivity index (χ3v) is 5.58. The van der Waals surface area contributed by atoms with E-state index < -0.39 is 0 Å². The van der Waals surface area contributed by atoms with Gasteiger partial charge in [-0.2, -0.15) is 5.10 Å². The van der Waals surface area contributed by atoms with Gasteiger partial charge in [0.25, 0.3) is 5.22 Å². The van der Waals surface area contributed by atoms with E-state index in [1.165, 1.54) is 17.5 Å². The predicted molar refractivity (Wildman–Crippen MR) is 106 cm³/mol. The van der Waals surface area contributed by atoms with Crippen LogP contribution in [0.2, 0.25) is 0 Å². The summed E-state index contributed by atoms with van der Waals surface area (Å²) in [4.78, 5) is 16.9. The van der Waals surface area contributed by atoms with Gasteiger partial charge < -0.3 is 9.73 Å². The fourth-order valence-corrected chi connectivity index (χ4v) is 4.21. The Morgan fingerprint density at radius 3 is 2.96 bits per heavy atom. The number of hydrogen-bond donors (Lipinski definition) is 1. The van der Waals surface area contributed by atoms with Crippen molar-refractivity contribution in [3.05, 3.63) is 41.7 Å². The van der Waals surface area contributed by atoms with Crippen LogP contribution in [0.3, 0.4) is 0 Å². The highest BCUT2D eigenvalue weighted by Gasteiger charge is 2.29. The number of rotatable bonds is 4. The van der Waals surface area contributed by atoms with Crippen molar-refractivity contribution in [2.45, 2.75) is 56.8 Å². The maximum Gasteiger partial charge on any atom is 0.257 e. The van der Waals surface area contributed by atoms with Crippen molar-refractivity contribution in [1.82, 2.24) is 20.1 Å². The van der Waals surface area contributed by atoms with E-state index in [4.69, 9.17) is 4.42 Å². The van der Waals surface area contributed by atoms with Crippen LogP contribution in [0.5, 0.6) is 0 Å². The zero-order valence-corrected chi connectivity index (χ0v) is 16.7. The number of oxazole rings is 1. The molecule has 7 heteroatoms. The van der Waals surface area contributed by atoms with E-state index in [-0.39, 0.29) is 23.2 Å². The minimum absolute atomic E-state index is 0.0105. The van der Waals surface area contributed by atoms with E-state index in [9.17, 15) is 4.79 Å². The lowest BCUT2D eigenvalue weighted by Gasteiger charge is -2.28. The summed E-state index contributed by atoms with van der Waals surface area (Å²) in [6.45, 7) is 6.46. The number of para-hydroxylation sites is 2. The molecule has 142 valence electrons. The first-order valence-electron chi connectivity index (χ1n) is 9.27. The molecule has 0 saturated carbocycles. The Balaban J connectivity index is 1.41. The van der Waals surface area contributed by atoms with Crippen LogP contribution in [-0.4, -0.2) is 26.4 Å². The van der Waals surface area contributed by atoms with Crippen molar-refractivity contribution >= 4 is 28.8 Å². The average Bonchev–Trinajstić information content (AvgIpc) is 3.24. The molecule has 6 nitrogen and oxygen atoms in total. The molecule has 0 spiro atoms. The van der Waals surface area contributed by atoms with Gasteiger partial charge in [0.2, 0.25) is 5.91 Å². The van der Waals surface area contributed by atoms with Gasteiger partial charge >= 0.3 is 0 Å². The zero-order chi connectivity index (χ0) is 19.0. The van der Waals surface area contributed by atoms with E-state index >= 15 is 0 Å². The van der Waals surface area contributed by atoms with Gasteiger partial charge in [-0.1, -0.05) is 23.9 Å². The number of hydrogen-bond acceptors (Lipinski definition) is 5. The van der Waals surface area contributed by atoms with Crippen molar-refractivity contribution in [3.63, 3.8) is 0 Å². The molecule has 0 saturated heterocycles. The summed E-state index contributed by atoms with van der Waals surface area (Å²) in [6.07, 6.45) is 4.93. The lowest BCUT2D eigenvalue weighted by molar-refractivity contribution is -0.119. The topological polar surface area (TPSA) is 73.0 Å². The molecule has 0 radical (unpaired) electrons. The Morgan fingerprint density at radius 2 is 2.19 bits per heavy atom. The van der Waals surface area contributed by atoms with E-state index in [1.54, 1.807) is 0 Å². The second-order valence-corrected chi connectivity index (χ2v) is 8.80. The number of carbonyl (C=O) groups is 1. The maximum absolute atomic E-state index is 12.5. The summed E-state index contributed by atoms with van der Waals surface area (Å²) in [5.41, 5.74) is 3.89. The second kappa shape index (κ2) is 7.03. The fraction of sp³-hybridized carbons (Fsp3) is 0.450. The summed E-state index contributed by atoms with van der Waals surface area (Å²) in [6, 6.07) is 7.64. The van der Waals surface area contributed by atoms with E-state index in [0.717, 1.165) is 35.9 Å². The van der Waals surface area contributed by atoms with Crippen molar-refractivity contribution in [3.8, 4) is 0 Å². The van der Waals surface area contributed by atoms with Gasteiger partial charge in [-0.3, -0.25) is 9.48 Å². The molecule has 1 aliphatic carbocycles. The van der Waals surface area contributed by atoms with Crippen LogP contribution in [0.15, 0.2) is 40.1 Å². The van der Waals surface area contributed by atoms with Crippen LogP contribution in [0.4, 0.5) is 0 Å². The Hall–Kier alpha value is -2.28. The summed E-state index contributed by atoms with van der Waals surface area (Å²) >= 11 is 1.32. The summed E-state index contributed by atoms with van der Waals surface area (Å²) in [7, 11) is 0. The van der Waals surface area contributed by atoms with Gasteiger partial charge in [0.15, 0.2) is 5.58 Å². The Kier molecular flexibility index (Phi) is 4.72. The molecule has 1 aliphatic rings. The predicted octanol–water partition coefficient (Wildman–Crippen LogP) is 4.07. The van der Waals surface area contributed by atoms with E-state index in [0.29, 0.717) is 5.22 Å². The molecule has 2 aromatic heterocycles. The molecular formula is C20H24N4O2S. The maximum atomic E-state index is 12.5. The van der Waals surface area contributed by atoms with Gasteiger partial charge in [-0.15, -0.1) is 0 Å². The molecule has 2 heterocycles. The SMILES string of the molecule is CC(C)(C)n1ncc2c1CCC[C@@H]2NC(=O)CSc1nc2ccccc2o1. The quantitative estimate of drug-likeness (QED) is 0.687. The Morgan fingerprint density at radius 1 is 1.37 bits per heavy atom. The van der Waals surface area contributed by atoms with Crippen molar-refractivity contribution in [2.24, 2.45) is 0 Å². The lowest BCUT2D eigenvalue weighted by Crippen LogP contribution is -2.33. The molecule has 3 aromatic rings. The minimum atomic E-state index is -0.0533. The molecule has 1 N–H and O–H groups in total. The molecule has 0 unspecified atom stereocenters. The monoisotopic (exact) mass is 384 g/mol. The Bertz CT molecular complexity index is 937. The summed E-state index contributed by atoms with van der Waals surface area (Å²) < 4.78 is 7.75. The molecule has 4 rings (SSSR count). The third kappa shape index (κ3) is 3.74. The first kappa shape index (κ1) is 18.1. The summed E-state index contributed by atoms with van der Waals surface area (Å²) in [5, 5.41) is 8.27. The second-order valence-electron chi connectivity index (χ2n) is 7.88. The molecule has 0 bridgehead atoms. The van der Waals surface area contributed by atoms with Gasteiger partial charge in [0, 0.05) is 11.3 Å². The average molecular weight is 385 g/mol. The molecule has 1 amide bonds. The highest BCUT2D eigenvalue weighted by Crippen LogP contribution is 2.32. The number of amides is 1. The molecule has 27 heavy (non-hydrogen) atoms. The van der Waals surface area contributed by atoms with Crippen LogP contribution < -0.4 is 5.32 Å². The highest BCUT2D eigenvalue weighted by molar-refractivity contribution is 7.99. The molecule has 0 fully saturated rings. The van der Waals surface area contributed by atoms with Crippen molar-refractivity contribution in [1.29, 1.82) is 0 Å². The van der Waals surface area contributed by atoms with Gasteiger partial charge in [-0.25, -0.2) is 4.98 Å². The standard InChI is InChI=1S/C20H24N4O2S/c1-20(2,3)24-16-9-6-8-14(13(16)11-21-24)22-18(25)12-27-19-23-15-7-4-5-10-17(15)26-19/h4-5,7,10-11,14H,6,8-9,12H2,1-3H3,(H,22,25)/t14-/m0/s1. The number of aromatic nitrogens is 3. The fourth-order valence-electron chi connectivity index (χ4n) is 3.56. The minimum Gasteiger partial charge on any atom is -0.431 e. The number of nitrogens with one attached hydrogen (secondary N) is 1. The normalized spacial score (nSPS) is 17.1. The van der Waals surface area contributed by atoms with Crippen LogP contribution in [0.25, 0.3) is 11.1 Å². The number of nitrogens with zero attached hydrogens (tertiary/aromatic N) is 3. The third-order valence-electron chi connectivity index (χ3n) is 4.75. The summed E-state index contributed by atoms with van der Waals surface area (Å²) in [5.74, 6) is 0.273. The lowest BCUT2D eigenvalue weighted by atomic mass is 9.92. The molecule has 1 aromatic carbocycles. The van der Waals surface area contributed by atoms with Crippen molar-refractivity contribution < 1.29 is 9.21 Å². The van der Waals surface area contributed by atoms with Crippen molar-refractivity contribution in [2.75, 3.05) is 5.75 Å². The van der Waals surface area contributed by atoms with Gasteiger partial charge in [0.1, 0.15) is 5.52 Å². The van der Waals surface area contributed by atoms with Gasteiger partial charge in [0.05, 0.1) is 23.5 Å². The molecule has 0 aliphatic heterocycles. The first-order valence-corrected chi connectivity index (χ1v) is 10.3. The van der Waals surface area contributed by atoms with Crippen LogP contribution in [-0.2, 0) is 16.8 Å². The number of benzene rings is 1. The first-order chi connectivity index (χ1) is 12.9. The smallest absolute Gasteiger partial charge is 0.257 e. The largest absolute Gasteiger partial charge is 0.431 e. The van der Waals surface area contributed by atoms with Crippen LogP contribution >= 0.6 is 11.8 Å². The van der Waals surface area contributed by atoms with Crippen LogP contribution in [0, 0.1) is 0 Å². The molecular weight excluding hydrogens is 360 g/mol. The number of fused-ring (bicyclic) bond motifs is 2. The van der Waals surface area contributed by atoms with E-state index in [2.05, 4.69) is 40.9 Å². The number of thioether (sulfide) groups is 1. The zero-order valence-electron chi connectivity index (χ0n) is 15.9. The Labute approximate surface area is 162 Å². The van der Waals surface area contributed by atoms with Gasteiger partial charge in [-0.05, 0) is 52.2 Å². The van der Waals surface area contributed by atoms with Crippen LogP contribution in [0.1, 0.15) is 50.9 Å². The molecule has 1 atom stereocenters. The number of carbonyl (C=O) groups excluding carboxylic acids is 1.